The van der Waals surface area contributed by atoms with Crippen LogP contribution in [0.15, 0.2) is 18.2 Å². The summed E-state index contributed by atoms with van der Waals surface area (Å²) in [6.45, 7) is 0. The number of hydrogen-bond acceptors (Lipinski definition) is 3. The van der Waals surface area contributed by atoms with Crippen molar-refractivity contribution in [3.63, 3.8) is 0 Å². The highest BCUT2D eigenvalue weighted by Gasteiger charge is 2.17. The van der Waals surface area contributed by atoms with E-state index in [4.69, 9.17) is 5.73 Å². The van der Waals surface area contributed by atoms with E-state index in [-0.39, 0.29) is 17.7 Å². The number of nitrogen functional groups attached to an aromatic ring is 1. The molecule has 1 aromatic carbocycles. The van der Waals surface area contributed by atoms with Crippen LogP contribution in [0.25, 0.3) is 0 Å². The van der Waals surface area contributed by atoms with Crippen molar-refractivity contribution in [3.8, 4) is 5.75 Å². The number of carbonyl (C=O) groups excluding carboxylic acids is 1. The van der Waals surface area contributed by atoms with E-state index in [1.165, 1.54) is 44.2 Å². The summed E-state index contributed by atoms with van der Waals surface area (Å²) in [5.74, 6) is -0.115. The molecule has 104 valence electrons. The van der Waals surface area contributed by atoms with Crippen molar-refractivity contribution in [3.05, 3.63) is 23.8 Å². The van der Waals surface area contributed by atoms with Crippen molar-refractivity contribution in [1.82, 2.24) is 5.32 Å². The summed E-state index contributed by atoms with van der Waals surface area (Å²) in [6, 6.07) is 4.70. The molecule has 0 spiro atoms. The molecule has 1 amide bonds. The molecule has 4 N–H and O–H groups in total. The molecule has 4 heteroatoms. The quantitative estimate of drug-likeness (QED) is 0.566. The molecule has 0 aliphatic heterocycles. The summed E-state index contributed by atoms with van der Waals surface area (Å²) in [4.78, 5) is 12.2. The first-order chi connectivity index (χ1) is 9.16. The third kappa shape index (κ3) is 3.88. The fourth-order valence-corrected chi connectivity index (χ4v) is 2.60. The van der Waals surface area contributed by atoms with Crippen LogP contribution in [0.5, 0.6) is 5.75 Å². The molecule has 0 heterocycles. The number of carbonyl (C=O) groups is 1. The van der Waals surface area contributed by atoms with E-state index in [1.807, 2.05) is 0 Å². The number of amides is 1. The van der Waals surface area contributed by atoms with E-state index in [0.29, 0.717) is 11.3 Å². The lowest BCUT2D eigenvalue weighted by Crippen LogP contribution is -2.35. The van der Waals surface area contributed by atoms with Crippen LogP contribution < -0.4 is 11.1 Å². The molecular weight excluding hydrogens is 240 g/mol. The van der Waals surface area contributed by atoms with Gasteiger partial charge in [0, 0.05) is 11.7 Å². The molecule has 19 heavy (non-hydrogen) atoms. The number of benzene rings is 1. The van der Waals surface area contributed by atoms with Gasteiger partial charge in [0.25, 0.3) is 5.91 Å². The van der Waals surface area contributed by atoms with Gasteiger partial charge in [-0.05, 0) is 31.0 Å². The minimum atomic E-state index is -0.182. The Morgan fingerprint density at radius 3 is 2.47 bits per heavy atom. The molecular formula is C15H22N2O2. The Kier molecular flexibility index (Phi) is 4.66. The first-order valence-corrected chi connectivity index (χ1v) is 7.06. The predicted molar refractivity (Wildman–Crippen MR) is 76.1 cm³/mol. The zero-order valence-electron chi connectivity index (χ0n) is 11.2. The third-order valence-electron chi connectivity index (χ3n) is 3.72. The standard InChI is InChI=1S/C15H22N2O2/c16-14-9-8-12(18)10-13(14)15(19)17-11-6-4-2-1-3-5-7-11/h8-11,18H,1-7,16H2,(H,17,19). The highest BCUT2D eigenvalue weighted by atomic mass is 16.3. The number of nitrogens with two attached hydrogens (primary N) is 1. The van der Waals surface area contributed by atoms with E-state index >= 15 is 0 Å². The number of phenols is 1. The first kappa shape index (κ1) is 13.7. The van der Waals surface area contributed by atoms with E-state index in [0.717, 1.165) is 12.8 Å². The summed E-state index contributed by atoms with van der Waals surface area (Å²) in [7, 11) is 0. The molecule has 1 aromatic rings. The molecule has 0 saturated heterocycles. The largest absolute Gasteiger partial charge is 0.508 e. The lowest BCUT2D eigenvalue weighted by Gasteiger charge is -2.21. The lowest BCUT2D eigenvalue weighted by molar-refractivity contribution is 0.0931. The van der Waals surface area contributed by atoms with Crippen molar-refractivity contribution in [2.75, 3.05) is 5.73 Å². The molecule has 0 bridgehead atoms. The summed E-state index contributed by atoms with van der Waals surface area (Å²) < 4.78 is 0. The second kappa shape index (κ2) is 6.45. The Morgan fingerprint density at radius 1 is 1.16 bits per heavy atom. The van der Waals surface area contributed by atoms with Gasteiger partial charge in [0.2, 0.25) is 0 Å². The smallest absolute Gasteiger partial charge is 0.253 e. The van der Waals surface area contributed by atoms with E-state index in [1.54, 1.807) is 6.07 Å². The average molecular weight is 262 g/mol. The number of phenolic OH excluding ortho intramolecular Hbond substituents is 1. The molecule has 1 saturated carbocycles. The number of rotatable bonds is 2. The molecule has 2 rings (SSSR count). The predicted octanol–water partition coefficient (Wildman–Crippen LogP) is 2.82. The fraction of sp³-hybridized carbons (Fsp3) is 0.533. The van der Waals surface area contributed by atoms with Crippen molar-refractivity contribution in [1.29, 1.82) is 0 Å². The van der Waals surface area contributed by atoms with Crippen LogP contribution in [-0.2, 0) is 0 Å². The maximum absolute atomic E-state index is 12.2. The summed E-state index contributed by atoms with van der Waals surface area (Å²) in [5.41, 5.74) is 6.55. The minimum absolute atomic E-state index is 0.0667. The normalized spacial score (nSPS) is 17.5. The SMILES string of the molecule is Nc1ccc(O)cc1C(=O)NC1CCCCCCC1. The van der Waals surface area contributed by atoms with Gasteiger partial charge >= 0.3 is 0 Å². The van der Waals surface area contributed by atoms with E-state index < -0.39 is 0 Å². The number of aromatic hydroxyl groups is 1. The van der Waals surface area contributed by atoms with Gasteiger partial charge in [0.15, 0.2) is 0 Å². The van der Waals surface area contributed by atoms with E-state index in [9.17, 15) is 9.90 Å². The second-order valence-corrected chi connectivity index (χ2v) is 5.29. The van der Waals surface area contributed by atoms with E-state index in [2.05, 4.69) is 5.32 Å². The van der Waals surface area contributed by atoms with Crippen LogP contribution >= 0.6 is 0 Å². The molecule has 1 aliphatic rings. The van der Waals surface area contributed by atoms with Crippen molar-refractivity contribution in [2.45, 2.75) is 51.0 Å². The van der Waals surface area contributed by atoms with Gasteiger partial charge in [-0.3, -0.25) is 4.79 Å². The highest BCUT2D eigenvalue weighted by molar-refractivity contribution is 5.99. The maximum Gasteiger partial charge on any atom is 0.253 e. The van der Waals surface area contributed by atoms with Crippen molar-refractivity contribution >= 4 is 11.6 Å². The number of hydrogen-bond donors (Lipinski definition) is 3. The Bertz CT molecular complexity index is 438. The van der Waals surface area contributed by atoms with Crippen molar-refractivity contribution < 1.29 is 9.90 Å². The summed E-state index contributed by atoms with van der Waals surface area (Å²) >= 11 is 0. The fourth-order valence-electron chi connectivity index (χ4n) is 2.60. The van der Waals surface area contributed by atoms with Gasteiger partial charge < -0.3 is 16.2 Å². The monoisotopic (exact) mass is 262 g/mol. The van der Waals surface area contributed by atoms with Crippen LogP contribution in [-0.4, -0.2) is 17.1 Å². The zero-order chi connectivity index (χ0) is 13.7. The van der Waals surface area contributed by atoms with Gasteiger partial charge in [-0.1, -0.05) is 32.1 Å². The molecule has 4 nitrogen and oxygen atoms in total. The molecule has 0 atom stereocenters. The number of anilines is 1. The highest BCUT2D eigenvalue weighted by Crippen LogP contribution is 2.20. The van der Waals surface area contributed by atoms with Crippen molar-refractivity contribution in [2.24, 2.45) is 0 Å². The van der Waals surface area contributed by atoms with Crippen LogP contribution in [0.2, 0.25) is 0 Å². The zero-order valence-corrected chi connectivity index (χ0v) is 11.2. The maximum atomic E-state index is 12.2. The second-order valence-electron chi connectivity index (χ2n) is 5.29. The van der Waals surface area contributed by atoms with Gasteiger partial charge in [-0.15, -0.1) is 0 Å². The van der Waals surface area contributed by atoms with Gasteiger partial charge in [-0.2, -0.15) is 0 Å². The number of nitrogens with one attached hydrogen (secondary N) is 1. The summed E-state index contributed by atoms with van der Waals surface area (Å²) in [5, 5.41) is 12.5. The van der Waals surface area contributed by atoms with Gasteiger partial charge in [-0.25, -0.2) is 0 Å². The first-order valence-electron chi connectivity index (χ1n) is 7.06. The van der Waals surface area contributed by atoms with Gasteiger partial charge in [0.05, 0.1) is 5.56 Å². The minimum Gasteiger partial charge on any atom is -0.508 e. The van der Waals surface area contributed by atoms with Crippen LogP contribution in [0.4, 0.5) is 5.69 Å². The Hall–Kier alpha value is -1.71. The summed E-state index contributed by atoms with van der Waals surface area (Å²) in [6.07, 6.45) is 8.21. The average Bonchev–Trinajstić information content (AvgIpc) is 2.35. The lowest BCUT2D eigenvalue weighted by atomic mass is 9.96. The Morgan fingerprint density at radius 2 is 1.79 bits per heavy atom. The Labute approximate surface area is 114 Å². The Balaban J connectivity index is 2.00. The third-order valence-corrected chi connectivity index (χ3v) is 3.72. The van der Waals surface area contributed by atoms with Crippen LogP contribution in [0.1, 0.15) is 55.3 Å². The van der Waals surface area contributed by atoms with Crippen LogP contribution in [0, 0.1) is 0 Å². The topological polar surface area (TPSA) is 75.3 Å². The van der Waals surface area contributed by atoms with Gasteiger partial charge in [0.1, 0.15) is 5.75 Å². The molecule has 0 unspecified atom stereocenters. The molecule has 0 aromatic heterocycles. The molecule has 1 fully saturated rings. The molecule has 0 radical (unpaired) electrons. The van der Waals surface area contributed by atoms with Crippen LogP contribution in [0.3, 0.4) is 0 Å². The molecule has 1 aliphatic carbocycles.